The largest absolute Gasteiger partial charge is 0.493 e. The molecule has 1 saturated heterocycles. The van der Waals surface area contributed by atoms with Crippen LogP contribution in [0, 0.1) is 11.8 Å². The predicted octanol–water partition coefficient (Wildman–Crippen LogP) is 4.12. The minimum Gasteiger partial charge on any atom is -0.493 e. The number of hydrogen-bond donors (Lipinski definition) is 0. The number of ether oxygens (including phenoxy) is 2. The maximum absolute atomic E-state index is 13.3. The molecule has 0 bridgehead atoms. The van der Waals surface area contributed by atoms with E-state index in [1.54, 1.807) is 18.1 Å². The minimum atomic E-state index is -0.265. The van der Waals surface area contributed by atoms with Crippen molar-refractivity contribution in [2.75, 3.05) is 20.3 Å². The van der Waals surface area contributed by atoms with Gasteiger partial charge in [0.05, 0.1) is 19.6 Å². The number of imide groups is 1. The molecule has 2 unspecified atom stereocenters. The van der Waals surface area contributed by atoms with E-state index in [0.29, 0.717) is 36.4 Å². The zero-order valence-corrected chi connectivity index (χ0v) is 19.7. The summed E-state index contributed by atoms with van der Waals surface area (Å²) < 4.78 is 16.5. The van der Waals surface area contributed by atoms with Gasteiger partial charge in [-0.1, -0.05) is 31.8 Å². The molecule has 0 radical (unpaired) electrons. The van der Waals surface area contributed by atoms with Crippen LogP contribution in [0.3, 0.4) is 0 Å². The highest BCUT2D eigenvalue weighted by molar-refractivity contribution is 5.98. The van der Waals surface area contributed by atoms with Crippen molar-refractivity contribution in [2.45, 2.75) is 59.0 Å². The van der Waals surface area contributed by atoms with Crippen LogP contribution < -0.4 is 9.47 Å². The SMILES string of the molecule is CCOc1ccc(-c2noc(CN3C(=O)N(CC(C)C)C(=O)C4CCCCC43)n2)cc1OC. The van der Waals surface area contributed by atoms with Crippen LogP contribution in [0.4, 0.5) is 4.79 Å². The van der Waals surface area contributed by atoms with Crippen molar-refractivity contribution in [3.63, 3.8) is 0 Å². The van der Waals surface area contributed by atoms with Crippen LogP contribution in [-0.4, -0.2) is 58.2 Å². The van der Waals surface area contributed by atoms with E-state index in [-0.39, 0.29) is 36.4 Å². The molecule has 1 aromatic heterocycles. The summed E-state index contributed by atoms with van der Waals surface area (Å²) in [5, 5.41) is 4.11. The van der Waals surface area contributed by atoms with E-state index >= 15 is 0 Å². The van der Waals surface area contributed by atoms with E-state index in [1.807, 2.05) is 32.9 Å². The van der Waals surface area contributed by atoms with Gasteiger partial charge in [-0.3, -0.25) is 9.69 Å². The molecule has 9 nitrogen and oxygen atoms in total. The first-order valence-electron chi connectivity index (χ1n) is 11.7. The molecule has 9 heteroatoms. The standard InChI is InChI=1S/C24H32N4O5/c1-5-32-19-11-10-16(12-20(19)31-4)22-25-21(33-26-22)14-27-18-9-7-6-8-17(18)23(29)28(24(27)30)13-15(2)3/h10-12,15,17-18H,5-9,13-14H2,1-4H3. The molecule has 1 aromatic carbocycles. The Morgan fingerprint density at radius 1 is 1.18 bits per heavy atom. The molecule has 0 N–H and O–H groups in total. The molecule has 1 aliphatic carbocycles. The number of urea groups is 1. The Kier molecular flexibility index (Phi) is 6.85. The molecule has 178 valence electrons. The van der Waals surface area contributed by atoms with E-state index in [4.69, 9.17) is 14.0 Å². The first kappa shape index (κ1) is 23.1. The van der Waals surface area contributed by atoms with Gasteiger partial charge >= 0.3 is 6.03 Å². The molecule has 3 amide bonds. The van der Waals surface area contributed by atoms with Crippen molar-refractivity contribution in [3.05, 3.63) is 24.1 Å². The van der Waals surface area contributed by atoms with Gasteiger partial charge in [-0.25, -0.2) is 4.79 Å². The van der Waals surface area contributed by atoms with E-state index in [2.05, 4.69) is 10.1 Å². The predicted molar refractivity (Wildman–Crippen MR) is 121 cm³/mol. The van der Waals surface area contributed by atoms with Crippen molar-refractivity contribution in [1.29, 1.82) is 0 Å². The number of methoxy groups -OCH3 is 1. The van der Waals surface area contributed by atoms with Gasteiger partial charge in [-0.2, -0.15) is 4.98 Å². The van der Waals surface area contributed by atoms with E-state index in [1.165, 1.54) is 4.90 Å². The minimum absolute atomic E-state index is 0.0395. The van der Waals surface area contributed by atoms with Gasteiger partial charge in [-0.05, 0) is 43.9 Å². The Balaban J connectivity index is 1.57. The summed E-state index contributed by atoms with van der Waals surface area (Å²) in [6.07, 6.45) is 3.63. The lowest BCUT2D eigenvalue weighted by Gasteiger charge is -2.46. The average Bonchev–Trinajstić information content (AvgIpc) is 3.28. The van der Waals surface area contributed by atoms with Gasteiger partial charge in [0.1, 0.15) is 6.54 Å². The van der Waals surface area contributed by atoms with Crippen LogP contribution in [0.1, 0.15) is 52.3 Å². The fraction of sp³-hybridized carbons (Fsp3) is 0.583. The topological polar surface area (TPSA) is 98.0 Å². The number of aromatic nitrogens is 2. The molecule has 4 rings (SSSR count). The van der Waals surface area contributed by atoms with Crippen molar-refractivity contribution < 1.29 is 23.6 Å². The molecule has 2 heterocycles. The quantitative estimate of drug-likeness (QED) is 0.589. The second kappa shape index (κ2) is 9.80. The summed E-state index contributed by atoms with van der Waals surface area (Å²) in [4.78, 5) is 34.0. The van der Waals surface area contributed by atoms with Crippen molar-refractivity contribution in [3.8, 4) is 22.9 Å². The maximum Gasteiger partial charge on any atom is 0.327 e. The third-order valence-corrected chi connectivity index (χ3v) is 6.23. The van der Waals surface area contributed by atoms with Crippen molar-refractivity contribution in [2.24, 2.45) is 11.8 Å². The van der Waals surface area contributed by atoms with Gasteiger partial charge in [-0.15, -0.1) is 0 Å². The number of rotatable bonds is 8. The average molecular weight is 457 g/mol. The number of carbonyl (C=O) groups excluding carboxylic acids is 2. The third-order valence-electron chi connectivity index (χ3n) is 6.23. The van der Waals surface area contributed by atoms with E-state index in [9.17, 15) is 9.59 Å². The zero-order chi connectivity index (χ0) is 23.5. The van der Waals surface area contributed by atoms with Gasteiger partial charge in [0.2, 0.25) is 17.6 Å². The molecule has 1 aliphatic heterocycles. The second-order valence-electron chi connectivity index (χ2n) is 9.02. The molecule has 2 aliphatic rings. The van der Waals surface area contributed by atoms with Crippen LogP contribution in [0.25, 0.3) is 11.4 Å². The molecule has 1 saturated carbocycles. The Hall–Kier alpha value is -3.10. The normalized spacial score (nSPS) is 20.9. The summed E-state index contributed by atoms with van der Waals surface area (Å²) in [6, 6.07) is 5.06. The molecule has 33 heavy (non-hydrogen) atoms. The lowest BCUT2D eigenvalue weighted by molar-refractivity contribution is -0.141. The Morgan fingerprint density at radius 3 is 2.70 bits per heavy atom. The van der Waals surface area contributed by atoms with Gasteiger partial charge in [0.15, 0.2) is 11.5 Å². The third kappa shape index (κ3) is 4.67. The molecular formula is C24H32N4O5. The van der Waals surface area contributed by atoms with Gasteiger partial charge in [0.25, 0.3) is 0 Å². The monoisotopic (exact) mass is 456 g/mol. The fourth-order valence-electron chi connectivity index (χ4n) is 4.75. The highest BCUT2D eigenvalue weighted by atomic mass is 16.5. The molecular weight excluding hydrogens is 424 g/mol. The number of carbonyl (C=O) groups is 2. The molecule has 2 aromatic rings. The number of benzene rings is 1. The Morgan fingerprint density at radius 2 is 1.97 bits per heavy atom. The summed E-state index contributed by atoms with van der Waals surface area (Å²) in [7, 11) is 1.58. The maximum atomic E-state index is 13.3. The summed E-state index contributed by atoms with van der Waals surface area (Å²) >= 11 is 0. The lowest BCUT2D eigenvalue weighted by Crippen LogP contribution is -2.62. The van der Waals surface area contributed by atoms with Crippen LogP contribution >= 0.6 is 0 Å². The molecule has 0 spiro atoms. The summed E-state index contributed by atoms with van der Waals surface area (Å²) in [5.74, 6) is 1.98. The van der Waals surface area contributed by atoms with Crippen LogP contribution in [-0.2, 0) is 11.3 Å². The fourth-order valence-corrected chi connectivity index (χ4v) is 4.75. The van der Waals surface area contributed by atoms with Crippen molar-refractivity contribution in [1.82, 2.24) is 19.9 Å². The van der Waals surface area contributed by atoms with Crippen LogP contribution in [0.5, 0.6) is 11.5 Å². The number of hydrogen-bond acceptors (Lipinski definition) is 7. The summed E-state index contributed by atoms with van der Waals surface area (Å²) in [6.45, 7) is 7.06. The highest BCUT2D eigenvalue weighted by Crippen LogP contribution is 2.36. The van der Waals surface area contributed by atoms with Crippen LogP contribution in [0.15, 0.2) is 22.7 Å². The Bertz CT molecular complexity index is 1000. The highest BCUT2D eigenvalue weighted by Gasteiger charge is 2.47. The van der Waals surface area contributed by atoms with Crippen LogP contribution in [0.2, 0.25) is 0 Å². The smallest absolute Gasteiger partial charge is 0.327 e. The number of fused-ring (bicyclic) bond motifs is 1. The van der Waals surface area contributed by atoms with Gasteiger partial charge < -0.3 is 18.9 Å². The van der Waals surface area contributed by atoms with Gasteiger partial charge in [0, 0.05) is 18.2 Å². The lowest BCUT2D eigenvalue weighted by atomic mass is 9.81. The Labute approximate surface area is 194 Å². The van der Waals surface area contributed by atoms with Crippen molar-refractivity contribution >= 4 is 11.9 Å². The first-order chi connectivity index (χ1) is 15.9. The molecule has 2 atom stereocenters. The number of nitrogens with zero attached hydrogens (tertiary/aromatic N) is 4. The summed E-state index contributed by atoms with van der Waals surface area (Å²) in [5.41, 5.74) is 0.724. The first-order valence-corrected chi connectivity index (χ1v) is 11.7. The van der Waals surface area contributed by atoms with E-state index < -0.39 is 0 Å². The molecule has 2 fully saturated rings. The number of amides is 3. The second-order valence-corrected chi connectivity index (χ2v) is 9.02. The zero-order valence-electron chi connectivity index (χ0n) is 19.7. The van der Waals surface area contributed by atoms with E-state index in [0.717, 1.165) is 31.2 Å².